The molecule has 0 unspecified atom stereocenters. The highest BCUT2D eigenvalue weighted by Gasteiger charge is 2.39. The molecule has 0 spiro atoms. The minimum atomic E-state index is -0.521. The fraction of sp³-hybridized carbons (Fsp3) is 0.462. The summed E-state index contributed by atoms with van der Waals surface area (Å²) in [6, 6.07) is 18.2. The summed E-state index contributed by atoms with van der Waals surface area (Å²) in [6.07, 6.45) is 10.1. The van der Waals surface area contributed by atoms with Crippen LogP contribution in [0.25, 0.3) is 0 Å². The van der Waals surface area contributed by atoms with Gasteiger partial charge in [0.2, 0.25) is 0 Å². The number of nitrogens with zero attached hydrogens (tertiary/aromatic N) is 1. The molecule has 1 nitrogen and oxygen atoms in total. The van der Waals surface area contributed by atoms with Crippen molar-refractivity contribution in [3.63, 3.8) is 0 Å². The highest BCUT2D eigenvalue weighted by atomic mass is 31.2. The standard InChI is InChI=1S/C26H37NP2/c1-6-9-20-27(28-23(7-2)18-19-24(28)8-3)29(25-16-12-10-14-21(25)4)26-17-13-11-15-22(26)5/h10-19,23-24H,6-9,20H2,1-5H3/t23-,24-/m1/s1. The Bertz CT molecular complexity index is 756. The van der Waals surface area contributed by atoms with Crippen LogP contribution < -0.4 is 10.6 Å². The van der Waals surface area contributed by atoms with Crippen molar-refractivity contribution < 1.29 is 0 Å². The molecule has 0 saturated carbocycles. The van der Waals surface area contributed by atoms with E-state index in [1.807, 2.05) is 0 Å². The van der Waals surface area contributed by atoms with Crippen molar-refractivity contribution in [1.29, 1.82) is 0 Å². The summed E-state index contributed by atoms with van der Waals surface area (Å²) in [6.45, 7) is 12.9. The predicted octanol–water partition coefficient (Wildman–Crippen LogP) is 7.28. The van der Waals surface area contributed by atoms with Crippen molar-refractivity contribution in [2.45, 2.75) is 71.6 Å². The number of rotatable bonds is 9. The largest absolute Gasteiger partial charge is 0.251 e. The van der Waals surface area contributed by atoms with Gasteiger partial charge in [-0.3, -0.25) is 4.44 Å². The quantitative estimate of drug-likeness (QED) is 0.301. The van der Waals surface area contributed by atoms with Crippen LogP contribution in [0, 0.1) is 13.8 Å². The van der Waals surface area contributed by atoms with Gasteiger partial charge in [-0.05, 0) is 62.9 Å². The summed E-state index contributed by atoms with van der Waals surface area (Å²) >= 11 is 0. The Hall–Kier alpha value is -1.00. The van der Waals surface area contributed by atoms with E-state index < -0.39 is 8.07 Å². The van der Waals surface area contributed by atoms with E-state index in [2.05, 4.69) is 99.7 Å². The summed E-state index contributed by atoms with van der Waals surface area (Å²) in [5.74, 6) is 0. The maximum Gasteiger partial charge on any atom is 0.0324 e. The third kappa shape index (κ3) is 5.02. The molecule has 1 aliphatic heterocycles. The van der Waals surface area contributed by atoms with E-state index in [0.717, 1.165) is 11.3 Å². The zero-order valence-electron chi connectivity index (χ0n) is 18.8. The average molecular weight is 426 g/mol. The summed E-state index contributed by atoms with van der Waals surface area (Å²) in [4.78, 5) is 0. The zero-order valence-corrected chi connectivity index (χ0v) is 20.6. The van der Waals surface area contributed by atoms with Crippen LogP contribution in [-0.2, 0) is 0 Å². The van der Waals surface area contributed by atoms with Crippen molar-refractivity contribution in [1.82, 2.24) is 4.44 Å². The Balaban J connectivity index is 2.15. The molecule has 1 aliphatic rings. The molecule has 2 aromatic carbocycles. The second-order valence-electron chi connectivity index (χ2n) is 8.05. The van der Waals surface area contributed by atoms with Crippen LogP contribution in [-0.4, -0.2) is 22.3 Å². The third-order valence-electron chi connectivity index (χ3n) is 5.97. The fourth-order valence-corrected chi connectivity index (χ4v) is 11.7. The van der Waals surface area contributed by atoms with Crippen molar-refractivity contribution in [2.75, 3.05) is 6.54 Å². The molecule has 0 radical (unpaired) electrons. The van der Waals surface area contributed by atoms with Gasteiger partial charge in [-0.25, -0.2) is 0 Å². The van der Waals surface area contributed by atoms with Crippen molar-refractivity contribution in [3.05, 3.63) is 71.8 Å². The SMILES string of the molecule is CCCCN(P(c1ccccc1C)c1ccccc1C)P1[C@H](CC)C=C[C@H]1CC. The molecule has 0 bridgehead atoms. The number of aryl methyl sites for hydroxylation is 2. The monoisotopic (exact) mass is 425 g/mol. The van der Waals surface area contributed by atoms with E-state index in [9.17, 15) is 0 Å². The lowest BCUT2D eigenvalue weighted by Crippen LogP contribution is -2.31. The van der Waals surface area contributed by atoms with E-state index in [1.54, 1.807) is 10.6 Å². The lowest BCUT2D eigenvalue weighted by Gasteiger charge is -2.43. The van der Waals surface area contributed by atoms with Gasteiger partial charge in [0.15, 0.2) is 0 Å². The summed E-state index contributed by atoms with van der Waals surface area (Å²) in [5.41, 5.74) is 4.33. The second kappa shape index (κ2) is 10.9. The molecule has 3 heteroatoms. The molecule has 0 aromatic heterocycles. The molecule has 0 N–H and O–H groups in total. The van der Waals surface area contributed by atoms with Crippen LogP contribution in [0.3, 0.4) is 0 Å². The fourth-order valence-electron chi connectivity index (χ4n) is 4.27. The summed E-state index contributed by atoms with van der Waals surface area (Å²) < 4.78 is 3.00. The second-order valence-corrected chi connectivity index (χ2v) is 13.0. The lowest BCUT2D eigenvalue weighted by atomic mass is 10.2. The van der Waals surface area contributed by atoms with Crippen LogP contribution in [0.5, 0.6) is 0 Å². The van der Waals surface area contributed by atoms with Gasteiger partial charge in [-0.1, -0.05) is 87.9 Å². The van der Waals surface area contributed by atoms with E-state index in [4.69, 9.17) is 0 Å². The first-order valence-corrected chi connectivity index (χ1v) is 14.0. The van der Waals surface area contributed by atoms with Gasteiger partial charge in [0.05, 0.1) is 0 Å². The molecule has 0 fully saturated rings. The first kappa shape index (κ1) is 22.7. The number of hydrogen-bond acceptors (Lipinski definition) is 1. The minimum absolute atomic E-state index is 0.208. The van der Waals surface area contributed by atoms with Gasteiger partial charge in [0.25, 0.3) is 0 Å². The molecule has 29 heavy (non-hydrogen) atoms. The zero-order chi connectivity index (χ0) is 20.8. The lowest BCUT2D eigenvalue weighted by molar-refractivity contribution is 0.629. The highest BCUT2D eigenvalue weighted by Crippen LogP contribution is 2.65. The Morgan fingerprint density at radius 3 is 1.69 bits per heavy atom. The van der Waals surface area contributed by atoms with Crippen molar-refractivity contribution in [3.8, 4) is 0 Å². The van der Waals surface area contributed by atoms with Gasteiger partial charge in [0.1, 0.15) is 0 Å². The Labute approximate surface area is 181 Å². The van der Waals surface area contributed by atoms with Gasteiger partial charge in [-0.15, -0.1) is 0 Å². The topological polar surface area (TPSA) is 3.24 Å². The van der Waals surface area contributed by atoms with Crippen LogP contribution in [0.4, 0.5) is 0 Å². The van der Waals surface area contributed by atoms with Crippen LogP contribution in [0.1, 0.15) is 57.6 Å². The summed E-state index contributed by atoms with van der Waals surface area (Å²) in [5, 5.41) is 3.10. The number of hydrogen-bond donors (Lipinski definition) is 0. The minimum Gasteiger partial charge on any atom is -0.251 e. The van der Waals surface area contributed by atoms with E-state index in [1.165, 1.54) is 43.4 Å². The Morgan fingerprint density at radius 2 is 1.28 bits per heavy atom. The van der Waals surface area contributed by atoms with Crippen LogP contribution >= 0.6 is 16.1 Å². The molecule has 0 amide bonds. The summed E-state index contributed by atoms with van der Waals surface area (Å²) in [7, 11) is -0.729. The normalized spacial score (nSPS) is 19.6. The molecule has 1 heterocycles. The maximum absolute atomic E-state index is 3.00. The molecular weight excluding hydrogens is 388 g/mol. The Kier molecular flexibility index (Phi) is 8.49. The van der Waals surface area contributed by atoms with Crippen LogP contribution in [0.2, 0.25) is 0 Å². The van der Waals surface area contributed by atoms with E-state index in [0.29, 0.717) is 0 Å². The number of benzene rings is 2. The first-order chi connectivity index (χ1) is 14.1. The smallest absolute Gasteiger partial charge is 0.0324 e. The maximum atomic E-state index is 3.00. The van der Waals surface area contributed by atoms with E-state index >= 15 is 0 Å². The van der Waals surface area contributed by atoms with Crippen molar-refractivity contribution in [2.24, 2.45) is 0 Å². The molecule has 2 atom stereocenters. The number of unbranched alkanes of at least 4 members (excludes halogenated alkanes) is 1. The van der Waals surface area contributed by atoms with Crippen LogP contribution in [0.15, 0.2) is 60.7 Å². The Morgan fingerprint density at radius 1 is 0.793 bits per heavy atom. The van der Waals surface area contributed by atoms with E-state index in [-0.39, 0.29) is 8.07 Å². The van der Waals surface area contributed by atoms with Gasteiger partial charge < -0.3 is 0 Å². The molecule has 0 saturated heterocycles. The van der Waals surface area contributed by atoms with Gasteiger partial charge >= 0.3 is 0 Å². The third-order valence-corrected chi connectivity index (χ3v) is 12.9. The van der Waals surface area contributed by atoms with Gasteiger partial charge in [0, 0.05) is 25.9 Å². The highest BCUT2D eigenvalue weighted by molar-refractivity contribution is 7.80. The molecule has 3 rings (SSSR count). The number of allylic oxidation sites excluding steroid dienone is 2. The first-order valence-electron chi connectivity index (χ1n) is 11.3. The van der Waals surface area contributed by atoms with Crippen molar-refractivity contribution >= 4 is 26.8 Å². The molecule has 0 aliphatic carbocycles. The molecule has 2 aromatic rings. The average Bonchev–Trinajstić information content (AvgIpc) is 3.16. The molecule has 156 valence electrons. The van der Waals surface area contributed by atoms with Gasteiger partial charge in [-0.2, -0.15) is 0 Å². The molecular formula is C26H37NP2. The predicted molar refractivity (Wildman–Crippen MR) is 134 cm³/mol.